The summed E-state index contributed by atoms with van der Waals surface area (Å²) in [4.78, 5) is 7.37. The number of aromatic nitrogens is 2. The number of rotatable bonds is 7. The molecule has 1 heterocycles. The van der Waals surface area contributed by atoms with Crippen molar-refractivity contribution in [2.75, 3.05) is 18.0 Å². The highest BCUT2D eigenvalue weighted by Gasteiger charge is 2.15. The average Bonchev–Trinajstić information content (AvgIpc) is 2.72. The Morgan fingerprint density at radius 2 is 2.06 bits per heavy atom. The van der Waals surface area contributed by atoms with E-state index in [1.165, 1.54) is 11.5 Å². The lowest BCUT2D eigenvalue weighted by atomic mass is 10.2. The van der Waals surface area contributed by atoms with Crippen LogP contribution < -0.4 is 10.6 Å². The third-order valence-corrected chi connectivity index (χ3v) is 3.43. The number of thiocarbonyl (C=S) groups is 1. The zero-order chi connectivity index (χ0) is 13.7. The summed E-state index contributed by atoms with van der Waals surface area (Å²) in [6, 6.07) is 0. The van der Waals surface area contributed by atoms with Gasteiger partial charge < -0.3 is 10.6 Å². The quantitative estimate of drug-likeness (QED) is 0.781. The monoisotopic (exact) mass is 286 g/mol. The van der Waals surface area contributed by atoms with Gasteiger partial charge in [-0.1, -0.05) is 39.9 Å². The first-order valence-electron chi connectivity index (χ1n) is 6.27. The first-order chi connectivity index (χ1) is 8.40. The first kappa shape index (κ1) is 15.3. The zero-order valence-electron chi connectivity index (χ0n) is 11.5. The number of anilines is 1. The van der Waals surface area contributed by atoms with Crippen molar-refractivity contribution in [3.05, 3.63) is 5.82 Å². The van der Waals surface area contributed by atoms with Crippen LogP contribution in [0.25, 0.3) is 0 Å². The molecular weight excluding hydrogens is 264 g/mol. The van der Waals surface area contributed by atoms with E-state index < -0.39 is 0 Å². The average molecular weight is 286 g/mol. The van der Waals surface area contributed by atoms with E-state index in [0.717, 1.165) is 30.5 Å². The molecule has 0 aliphatic heterocycles. The van der Waals surface area contributed by atoms with E-state index in [1.54, 1.807) is 0 Å². The lowest BCUT2D eigenvalue weighted by Crippen LogP contribution is -2.30. The van der Waals surface area contributed by atoms with Crippen molar-refractivity contribution in [2.45, 2.75) is 40.0 Å². The van der Waals surface area contributed by atoms with Crippen molar-refractivity contribution in [3.8, 4) is 0 Å². The summed E-state index contributed by atoms with van der Waals surface area (Å²) < 4.78 is 4.40. The van der Waals surface area contributed by atoms with Gasteiger partial charge in [0.2, 0.25) is 5.13 Å². The molecular formula is C12H22N4S2. The highest BCUT2D eigenvalue weighted by atomic mass is 32.1. The predicted molar refractivity (Wildman–Crippen MR) is 82.5 cm³/mol. The number of nitrogens with two attached hydrogens (primary N) is 1. The van der Waals surface area contributed by atoms with Gasteiger partial charge in [-0.2, -0.15) is 4.37 Å². The van der Waals surface area contributed by atoms with Crippen molar-refractivity contribution in [2.24, 2.45) is 11.7 Å². The van der Waals surface area contributed by atoms with E-state index in [-0.39, 0.29) is 0 Å². The summed E-state index contributed by atoms with van der Waals surface area (Å²) in [5.74, 6) is 1.85. The van der Waals surface area contributed by atoms with Gasteiger partial charge in [0.05, 0.1) is 4.99 Å². The zero-order valence-corrected chi connectivity index (χ0v) is 13.1. The van der Waals surface area contributed by atoms with Gasteiger partial charge in [-0.25, -0.2) is 4.98 Å². The third-order valence-electron chi connectivity index (χ3n) is 2.43. The number of hydrogen-bond donors (Lipinski definition) is 1. The van der Waals surface area contributed by atoms with Crippen LogP contribution in [0.15, 0.2) is 0 Å². The van der Waals surface area contributed by atoms with E-state index >= 15 is 0 Å². The molecule has 0 amide bonds. The van der Waals surface area contributed by atoms with E-state index in [2.05, 4.69) is 42.0 Å². The fraction of sp³-hybridized carbons (Fsp3) is 0.750. The molecule has 0 saturated heterocycles. The van der Waals surface area contributed by atoms with Crippen LogP contribution in [-0.2, 0) is 0 Å². The van der Waals surface area contributed by atoms with E-state index in [4.69, 9.17) is 18.0 Å². The Hall–Kier alpha value is -0.750. The maximum Gasteiger partial charge on any atom is 0.205 e. The summed E-state index contributed by atoms with van der Waals surface area (Å²) >= 11 is 6.40. The molecule has 18 heavy (non-hydrogen) atoms. The van der Waals surface area contributed by atoms with Crippen molar-refractivity contribution in [1.29, 1.82) is 0 Å². The Morgan fingerprint density at radius 1 is 1.39 bits per heavy atom. The topological polar surface area (TPSA) is 55.0 Å². The second-order valence-corrected chi connectivity index (χ2v) is 6.40. The minimum atomic E-state index is 0.367. The van der Waals surface area contributed by atoms with Gasteiger partial charge >= 0.3 is 0 Å². The van der Waals surface area contributed by atoms with Crippen LogP contribution in [0.4, 0.5) is 5.13 Å². The van der Waals surface area contributed by atoms with Crippen LogP contribution in [0, 0.1) is 5.92 Å². The highest BCUT2D eigenvalue weighted by Crippen LogP contribution is 2.22. The second-order valence-electron chi connectivity index (χ2n) is 5.15. The molecule has 1 aromatic heterocycles. The SMILES string of the molecule is CC(C)CN(CCC(N)=S)c1nc(C(C)C)ns1. The Kier molecular flexibility index (Phi) is 5.95. The maximum atomic E-state index is 5.58. The molecule has 4 nitrogen and oxygen atoms in total. The van der Waals surface area contributed by atoms with Crippen LogP contribution in [0.1, 0.15) is 45.9 Å². The molecule has 0 atom stereocenters. The predicted octanol–water partition coefficient (Wildman–Crippen LogP) is 2.80. The molecule has 1 rings (SSSR count). The molecule has 0 aliphatic rings. The van der Waals surface area contributed by atoms with Crippen molar-refractivity contribution < 1.29 is 0 Å². The molecule has 0 radical (unpaired) electrons. The molecule has 0 fully saturated rings. The Balaban J connectivity index is 2.76. The number of hydrogen-bond acceptors (Lipinski definition) is 5. The molecule has 2 N–H and O–H groups in total. The summed E-state index contributed by atoms with van der Waals surface area (Å²) in [5.41, 5.74) is 5.58. The normalized spacial score (nSPS) is 11.2. The Labute approximate surface area is 119 Å². The summed E-state index contributed by atoms with van der Waals surface area (Å²) in [7, 11) is 0. The number of nitrogens with zero attached hydrogens (tertiary/aromatic N) is 3. The van der Waals surface area contributed by atoms with E-state index in [9.17, 15) is 0 Å². The third kappa shape index (κ3) is 4.86. The van der Waals surface area contributed by atoms with Crippen LogP contribution in [0.3, 0.4) is 0 Å². The second kappa shape index (κ2) is 6.99. The van der Waals surface area contributed by atoms with Crippen LogP contribution in [-0.4, -0.2) is 27.4 Å². The smallest absolute Gasteiger partial charge is 0.205 e. The summed E-state index contributed by atoms with van der Waals surface area (Å²) in [6.45, 7) is 10.4. The van der Waals surface area contributed by atoms with E-state index in [1.807, 2.05) is 0 Å². The van der Waals surface area contributed by atoms with Crippen LogP contribution in [0.2, 0.25) is 0 Å². The lowest BCUT2D eigenvalue weighted by Gasteiger charge is -2.23. The molecule has 0 unspecified atom stereocenters. The molecule has 6 heteroatoms. The van der Waals surface area contributed by atoms with Crippen molar-refractivity contribution >= 4 is 33.9 Å². The Morgan fingerprint density at radius 3 is 2.50 bits per heavy atom. The van der Waals surface area contributed by atoms with E-state index in [0.29, 0.717) is 16.8 Å². The summed E-state index contributed by atoms with van der Waals surface area (Å²) in [5, 5.41) is 0.976. The Bertz CT molecular complexity index is 387. The first-order valence-corrected chi connectivity index (χ1v) is 7.45. The molecule has 0 aliphatic carbocycles. The van der Waals surface area contributed by atoms with Crippen molar-refractivity contribution in [1.82, 2.24) is 9.36 Å². The minimum Gasteiger partial charge on any atom is -0.393 e. The molecule has 0 bridgehead atoms. The van der Waals surface area contributed by atoms with Gasteiger partial charge in [-0.15, -0.1) is 0 Å². The standard InChI is InChI=1S/C12H22N4S2/c1-8(2)7-16(6-5-10(13)17)12-14-11(9(3)4)15-18-12/h8-9H,5-7H2,1-4H3,(H2,13,17). The molecule has 102 valence electrons. The van der Waals surface area contributed by atoms with Gasteiger partial charge in [-0.3, -0.25) is 0 Å². The van der Waals surface area contributed by atoms with Gasteiger partial charge in [-0.05, 0) is 5.92 Å². The lowest BCUT2D eigenvalue weighted by molar-refractivity contribution is 0.611. The summed E-state index contributed by atoms with van der Waals surface area (Å²) in [6.07, 6.45) is 0.721. The van der Waals surface area contributed by atoms with Gasteiger partial charge in [0.15, 0.2) is 0 Å². The fourth-order valence-electron chi connectivity index (χ4n) is 1.54. The largest absolute Gasteiger partial charge is 0.393 e. The van der Waals surface area contributed by atoms with Crippen LogP contribution in [0.5, 0.6) is 0 Å². The molecule has 0 aromatic carbocycles. The molecule has 1 aromatic rings. The molecule has 0 spiro atoms. The highest BCUT2D eigenvalue weighted by molar-refractivity contribution is 7.80. The van der Waals surface area contributed by atoms with Crippen LogP contribution >= 0.6 is 23.8 Å². The van der Waals surface area contributed by atoms with Gasteiger partial charge in [0.1, 0.15) is 5.82 Å². The van der Waals surface area contributed by atoms with Gasteiger partial charge in [0.25, 0.3) is 0 Å². The van der Waals surface area contributed by atoms with Crippen molar-refractivity contribution in [3.63, 3.8) is 0 Å². The molecule has 0 saturated carbocycles. The minimum absolute atomic E-state index is 0.367. The fourth-order valence-corrected chi connectivity index (χ4v) is 2.47. The van der Waals surface area contributed by atoms with Gasteiger partial charge in [0, 0.05) is 37.0 Å². The maximum absolute atomic E-state index is 5.58.